The van der Waals surface area contributed by atoms with Gasteiger partial charge in [0.25, 0.3) is 10.1 Å². The number of nitrogens with one attached hydrogen (secondary N) is 1. The van der Waals surface area contributed by atoms with Crippen molar-refractivity contribution >= 4 is 16.0 Å². The van der Waals surface area contributed by atoms with Gasteiger partial charge in [0.15, 0.2) is 0 Å². The van der Waals surface area contributed by atoms with E-state index in [0.29, 0.717) is 0 Å². The average molecular weight is 272 g/mol. The van der Waals surface area contributed by atoms with Crippen LogP contribution in [0.25, 0.3) is 0 Å². The van der Waals surface area contributed by atoms with Crippen molar-refractivity contribution in [2.75, 3.05) is 0 Å². The molecule has 1 aliphatic heterocycles. The Hall–Kier alpha value is -1.44. The third-order valence-electron chi connectivity index (χ3n) is 2.53. The van der Waals surface area contributed by atoms with E-state index >= 15 is 0 Å². The Kier molecular flexibility index (Phi) is 4.44. The fraction of sp³-hybridized carbons (Fsp3) is 0.364. The summed E-state index contributed by atoms with van der Waals surface area (Å²) in [5.74, 6) is -0.0347. The molecule has 18 heavy (non-hydrogen) atoms. The second-order valence-corrected chi connectivity index (χ2v) is 5.53. The summed E-state index contributed by atoms with van der Waals surface area (Å²) in [7, 11) is -4.02. The molecule has 0 saturated carbocycles. The molecule has 0 spiro atoms. The van der Waals surface area contributed by atoms with Gasteiger partial charge in [0.05, 0.1) is 10.9 Å². The second-order valence-electron chi connectivity index (χ2n) is 4.11. The van der Waals surface area contributed by atoms with Crippen LogP contribution < -0.4 is 11.1 Å². The topological polar surface area (TPSA) is 109 Å². The molecule has 100 valence electrons. The Morgan fingerprint density at radius 1 is 1.28 bits per heavy atom. The van der Waals surface area contributed by atoms with Crippen LogP contribution in [0.15, 0.2) is 29.2 Å². The Labute approximate surface area is 106 Å². The van der Waals surface area contributed by atoms with Crippen molar-refractivity contribution in [3.63, 3.8) is 0 Å². The van der Waals surface area contributed by atoms with Gasteiger partial charge in [-0.1, -0.05) is 17.7 Å². The zero-order valence-corrected chi connectivity index (χ0v) is 10.9. The van der Waals surface area contributed by atoms with Crippen LogP contribution in [0.1, 0.15) is 12.5 Å². The highest BCUT2D eigenvalue weighted by molar-refractivity contribution is 7.85. The highest BCUT2D eigenvalue weighted by Crippen LogP contribution is 2.08. The first kappa shape index (κ1) is 14.6. The quantitative estimate of drug-likeness (QED) is 0.495. The third-order valence-corrected chi connectivity index (χ3v) is 3.40. The lowest BCUT2D eigenvalue weighted by Crippen LogP contribution is -2.65. The first-order valence-electron chi connectivity index (χ1n) is 5.32. The summed E-state index contributed by atoms with van der Waals surface area (Å²) in [5, 5.41) is 2.59. The molecular formula is C11H16N2O4S. The number of benzene rings is 1. The van der Waals surface area contributed by atoms with E-state index in [4.69, 9.17) is 10.3 Å². The van der Waals surface area contributed by atoms with Crippen LogP contribution in [0.5, 0.6) is 0 Å². The Morgan fingerprint density at radius 2 is 1.78 bits per heavy atom. The fourth-order valence-electron chi connectivity index (χ4n) is 1.25. The van der Waals surface area contributed by atoms with Crippen molar-refractivity contribution in [3.8, 4) is 0 Å². The number of nitrogens with two attached hydrogens (primary N) is 1. The maximum Gasteiger partial charge on any atom is 0.294 e. The number of hydrogen-bond acceptors (Lipinski definition) is 4. The highest BCUT2D eigenvalue weighted by atomic mass is 32.2. The van der Waals surface area contributed by atoms with Gasteiger partial charge in [-0.25, -0.2) is 0 Å². The lowest BCUT2D eigenvalue weighted by molar-refractivity contribution is -0.129. The van der Waals surface area contributed by atoms with Crippen molar-refractivity contribution in [1.29, 1.82) is 0 Å². The largest absolute Gasteiger partial charge is 0.350 e. The van der Waals surface area contributed by atoms with Gasteiger partial charge >= 0.3 is 0 Å². The minimum absolute atomic E-state index is 0.0347. The van der Waals surface area contributed by atoms with Crippen LogP contribution in [0, 0.1) is 6.92 Å². The molecule has 1 aliphatic rings. The SMILES string of the molecule is CC1NC(=O)C1N.Cc1ccc(S(=O)(=O)O)cc1. The molecule has 1 amide bonds. The van der Waals surface area contributed by atoms with Crippen molar-refractivity contribution < 1.29 is 17.8 Å². The summed E-state index contributed by atoms with van der Waals surface area (Å²) in [4.78, 5) is 10.1. The molecule has 1 fully saturated rings. The number of carbonyl (C=O) groups excluding carboxylic acids is 1. The summed E-state index contributed by atoms with van der Waals surface area (Å²) in [5.41, 5.74) is 6.21. The lowest BCUT2D eigenvalue weighted by atomic mass is 10.0. The summed E-state index contributed by atoms with van der Waals surface area (Å²) in [6.07, 6.45) is 0. The highest BCUT2D eigenvalue weighted by Gasteiger charge is 2.31. The molecule has 6 nitrogen and oxygen atoms in total. The van der Waals surface area contributed by atoms with E-state index in [2.05, 4.69) is 5.32 Å². The van der Waals surface area contributed by atoms with Crippen LogP contribution in [-0.2, 0) is 14.9 Å². The van der Waals surface area contributed by atoms with Crippen molar-refractivity contribution in [2.45, 2.75) is 30.8 Å². The average Bonchev–Trinajstić information content (AvgIpc) is 2.29. The van der Waals surface area contributed by atoms with E-state index in [1.807, 2.05) is 13.8 Å². The van der Waals surface area contributed by atoms with Gasteiger partial charge in [0.1, 0.15) is 6.04 Å². The maximum absolute atomic E-state index is 10.5. The van der Waals surface area contributed by atoms with Crippen LogP contribution in [0.2, 0.25) is 0 Å². The zero-order chi connectivity index (χ0) is 13.9. The second kappa shape index (κ2) is 5.47. The van der Waals surface area contributed by atoms with E-state index in [1.54, 1.807) is 12.1 Å². The van der Waals surface area contributed by atoms with E-state index in [-0.39, 0.29) is 22.9 Å². The molecule has 1 aromatic rings. The van der Waals surface area contributed by atoms with Crippen molar-refractivity contribution in [2.24, 2.45) is 5.73 Å². The summed E-state index contributed by atoms with van der Waals surface area (Å²) < 4.78 is 29.6. The molecule has 2 rings (SSSR count). The standard InChI is InChI=1S/C7H8O3S.C4H8N2O/c1-6-2-4-7(5-3-6)11(8,9)10;1-2-3(5)4(7)6-2/h2-5H,1H3,(H,8,9,10);2-3H,5H2,1H3,(H,6,7). The predicted octanol–water partition coefficient (Wildman–Crippen LogP) is 0.0737. The van der Waals surface area contributed by atoms with E-state index < -0.39 is 10.1 Å². The molecule has 4 N–H and O–H groups in total. The van der Waals surface area contributed by atoms with Crippen LogP contribution >= 0.6 is 0 Å². The fourth-order valence-corrected chi connectivity index (χ4v) is 1.73. The summed E-state index contributed by atoms with van der Waals surface area (Å²) >= 11 is 0. The van der Waals surface area contributed by atoms with Gasteiger partial charge in [0.2, 0.25) is 5.91 Å². The Bertz CT molecular complexity index is 524. The molecule has 7 heteroatoms. The molecular weight excluding hydrogens is 256 g/mol. The van der Waals surface area contributed by atoms with Gasteiger partial charge in [-0.05, 0) is 26.0 Å². The van der Waals surface area contributed by atoms with Crippen LogP contribution in [-0.4, -0.2) is 31.0 Å². The molecule has 0 aromatic heterocycles. The van der Waals surface area contributed by atoms with Gasteiger partial charge < -0.3 is 11.1 Å². The van der Waals surface area contributed by atoms with Gasteiger partial charge in [-0.2, -0.15) is 8.42 Å². The first-order chi connectivity index (χ1) is 8.21. The Balaban J connectivity index is 0.000000199. The molecule has 2 atom stereocenters. The lowest BCUT2D eigenvalue weighted by Gasteiger charge is -2.30. The van der Waals surface area contributed by atoms with E-state index in [0.717, 1.165) is 5.56 Å². The van der Waals surface area contributed by atoms with Crippen LogP contribution in [0.4, 0.5) is 0 Å². The van der Waals surface area contributed by atoms with Gasteiger partial charge in [0, 0.05) is 0 Å². The number of β-lactam (4-membered cyclic amide) rings is 1. The monoisotopic (exact) mass is 272 g/mol. The normalized spacial score (nSPS) is 22.3. The number of aryl methyl sites for hydroxylation is 1. The number of carbonyl (C=O) groups is 1. The number of hydrogen-bond donors (Lipinski definition) is 3. The number of rotatable bonds is 1. The maximum atomic E-state index is 10.5. The molecule has 2 unspecified atom stereocenters. The molecule has 1 aromatic carbocycles. The zero-order valence-electron chi connectivity index (χ0n) is 10.1. The van der Waals surface area contributed by atoms with E-state index in [9.17, 15) is 13.2 Å². The van der Waals surface area contributed by atoms with Gasteiger partial charge in [-0.3, -0.25) is 9.35 Å². The first-order valence-corrected chi connectivity index (χ1v) is 6.76. The number of amides is 1. The van der Waals surface area contributed by atoms with Crippen molar-refractivity contribution in [3.05, 3.63) is 29.8 Å². The minimum Gasteiger partial charge on any atom is -0.350 e. The summed E-state index contributed by atoms with van der Waals surface area (Å²) in [6.45, 7) is 3.72. The Morgan fingerprint density at radius 3 is 2.00 bits per heavy atom. The van der Waals surface area contributed by atoms with Crippen LogP contribution in [0.3, 0.4) is 0 Å². The molecule has 1 saturated heterocycles. The van der Waals surface area contributed by atoms with Gasteiger partial charge in [-0.15, -0.1) is 0 Å². The van der Waals surface area contributed by atoms with E-state index in [1.165, 1.54) is 12.1 Å². The summed E-state index contributed by atoms with van der Waals surface area (Å²) in [6, 6.07) is 5.93. The molecule has 0 radical (unpaired) electrons. The molecule has 1 heterocycles. The predicted molar refractivity (Wildman–Crippen MR) is 66.6 cm³/mol. The molecule has 0 aliphatic carbocycles. The van der Waals surface area contributed by atoms with Crippen molar-refractivity contribution in [1.82, 2.24) is 5.32 Å². The smallest absolute Gasteiger partial charge is 0.294 e. The third kappa shape index (κ3) is 3.80. The molecule has 0 bridgehead atoms. The minimum atomic E-state index is -4.02.